The van der Waals surface area contributed by atoms with Gasteiger partial charge in [-0.15, -0.1) is 0 Å². The Balaban J connectivity index is 2.35. The maximum absolute atomic E-state index is 12.1. The third-order valence-corrected chi connectivity index (χ3v) is 3.03. The van der Waals surface area contributed by atoms with Gasteiger partial charge in [-0.2, -0.15) is 0 Å². The highest BCUT2D eigenvalue weighted by Crippen LogP contribution is 2.25. The second-order valence-corrected chi connectivity index (χ2v) is 4.86. The van der Waals surface area contributed by atoms with Crippen LogP contribution in [0.2, 0.25) is 0 Å². The van der Waals surface area contributed by atoms with Crippen LogP contribution in [-0.2, 0) is 4.79 Å². The average molecular weight is 245 g/mol. The van der Waals surface area contributed by atoms with E-state index in [-0.39, 0.29) is 17.7 Å². The maximum Gasteiger partial charge on any atom is 0.262 e. The molecule has 1 heterocycles. The van der Waals surface area contributed by atoms with Crippen molar-refractivity contribution in [2.75, 3.05) is 0 Å². The molecule has 1 unspecified atom stereocenters. The van der Waals surface area contributed by atoms with E-state index in [0.717, 1.165) is 4.90 Å². The minimum Gasteiger partial charge on any atom is -0.301 e. The molecular formula is C14H15NO3. The molecule has 94 valence electrons. The lowest BCUT2D eigenvalue weighted by molar-refractivity contribution is -0.111. The molecule has 0 aromatic heterocycles. The van der Waals surface area contributed by atoms with E-state index in [2.05, 4.69) is 0 Å². The van der Waals surface area contributed by atoms with Crippen LogP contribution in [0.3, 0.4) is 0 Å². The van der Waals surface area contributed by atoms with Crippen LogP contribution in [0.4, 0.5) is 0 Å². The van der Waals surface area contributed by atoms with Gasteiger partial charge in [0.1, 0.15) is 6.29 Å². The molecule has 0 saturated heterocycles. The SMILES string of the molecule is CC(C)CC(C=O)N1C(=O)c2ccccc2C1=O. The van der Waals surface area contributed by atoms with Gasteiger partial charge in [-0.05, 0) is 24.5 Å². The van der Waals surface area contributed by atoms with Crippen molar-refractivity contribution in [1.82, 2.24) is 4.90 Å². The standard InChI is InChI=1S/C14H15NO3/c1-9(2)7-10(8-16)15-13(17)11-5-3-4-6-12(11)14(15)18/h3-6,8-10H,7H2,1-2H3. The van der Waals surface area contributed by atoms with Gasteiger partial charge in [-0.25, -0.2) is 0 Å². The van der Waals surface area contributed by atoms with Gasteiger partial charge in [0.05, 0.1) is 17.2 Å². The third kappa shape index (κ3) is 1.94. The Bertz CT molecular complexity index is 473. The molecule has 2 amide bonds. The molecule has 0 fully saturated rings. The third-order valence-electron chi connectivity index (χ3n) is 3.03. The summed E-state index contributed by atoms with van der Waals surface area (Å²) in [6.45, 7) is 3.91. The van der Waals surface area contributed by atoms with Crippen molar-refractivity contribution in [3.63, 3.8) is 0 Å². The Morgan fingerprint density at radius 2 is 1.61 bits per heavy atom. The first-order valence-electron chi connectivity index (χ1n) is 5.98. The van der Waals surface area contributed by atoms with Crippen molar-refractivity contribution in [3.05, 3.63) is 35.4 Å². The van der Waals surface area contributed by atoms with E-state index in [1.165, 1.54) is 0 Å². The highest BCUT2D eigenvalue weighted by Gasteiger charge is 2.39. The molecule has 0 aliphatic carbocycles. The molecule has 1 aliphatic heterocycles. The van der Waals surface area contributed by atoms with Crippen molar-refractivity contribution < 1.29 is 14.4 Å². The summed E-state index contributed by atoms with van der Waals surface area (Å²) in [5.41, 5.74) is 0.774. The van der Waals surface area contributed by atoms with Crippen LogP contribution in [0, 0.1) is 5.92 Å². The van der Waals surface area contributed by atoms with Crippen molar-refractivity contribution >= 4 is 18.1 Å². The van der Waals surface area contributed by atoms with E-state index in [1.54, 1.807) is 24.3 Å². The van der Waals surface area contributed by atoms with Crippen molar-refractivity contribution in [2.45, 2.75) is 26.3 Å². The van der Waals surface area contributed by atoms with E-state index >= 15 is 0 Å². The molecular weight excluding hydrogens is 230 g/mol. The number of carbonyl (C=O) groups is 3. The molecule has 1 aromatic rings. The molecule has 2 rings (SSSR count). The van der Waals surface area contributed by atoms with E-state index < -0.39 is 6.04 Å². The summed E-state index contributed by atoms with van der Waals surface area (Å²) in [5, 5.41) is 0. The Labute approximate surface area is 106 Å². The first-order chi connectivity index (χ1) is 8.56. The van der Waals surface area contributed by atoms with Gasteiger partial charge in [0.15, 0.2) is 0 Å². The summed E-state index contributed by atoms with van der Waals surface area (Å²) in [6.07, 6.45) is 1.18. The van der Waals surface area contributed by atoms with Crippen molar-refractivity contribution in [1.29, 1.82) is 0 Å². The van der Waals surface area contributed by atoms with E-state index in [1.807, 2.05) is 13.8 Å². The quantitative estimate of drug-likeness (QED) is 0.601. The summed E-state index contributed by atoms with van der Waals surface area (Å²) in [5.74, 6) is -0.494. The molecule has 0 radical (unpaired) electrons. The number of benzene rings is 1. The van der Waals surface area contributed by atoms with Gasteiger partial charge in [-0.1, -0.05) is 26.0 Å². The predicted octanol–water partition coefficient (Wildman–Crippen LogP) is 1.90. The van der Waals surface area contributed by atoms with Crippen LogP contribution in [0.1, 0.15) is 41.0 Å². The fraction of sp³-hybridized carbons (Fsp3) is 0.357. The van der Waals surface area contributed by atoms with Crippen LogP contribution >= 0.6 is 0 Å². The zero-order valence-electron chi connectivity index (χ0n) is 10.4. The molecule has 1 atom stereocenters. The topological polar surface area (TPSA) is 54.5 Å². The first kappa shape index (κ1) is 12.5. The van der Waals surface area contributed by atoms with Gasteiger partial charge < -0.3 is 4.79 Å². The number of nitrogens with zero attached hydrogens (tertiary/aromatic N) is 1. The molecule has 0 spiro atoms. The number of hydrogen-bond acceptors (Lipinski definition) is 3. The first-order valence-corrected chi connectivity index (χ1v) is 5.98. The highest BCUT2D eigenvalue weighted by atomic mass is 16.2. The number of amides is 2. The fourth-order valence-corrected chi connectivity index (χ4v) is 2.21. The van der Waals surface area contributed by atoms with Crippen LogP contribution in [-0.4, -0.2) is 29.0 Å². The average Bonchev–Trinajstić information content (AvgIpc) is 2.60. The monoisotopic (exact) mass is 245 g/mol. The van der Waals surface area contributed by atoms with Gasteiger partial charge in [0.2, 0.25) is 0 Å². The highest BCUT2D eigenvalue weighted by molar-refractivity contribution is 6.22. The Kier molecular flexibility index (Phi) is 3.28. The zero-order chi connectivity index (χ0) is 13.3. The Hall–Kier alpha value is -1.97. The lowest BCUT2D eigenvalue weighted by Gasteiger charge is -2.22. The van der Waals surface area contributed by atoms with Gasteiger partial charge in [-0.3, -0.25) is 14.5 Å². The van der Waals surface area contributed by atoms with E-state index in [4.69, 9.17) is 0 Å². The summed E-state index contributed by atoms with van der Waals surface area (Å²) < 4.78 is 0. The van der Waals surface area contributed by atoms with Gasteiger partial charge >= 0.3 is 0 Å². The number of hydrogen-bond donors (Lipinski definition) is 0. The molecule has 0 bridgehead atoms. The molecule has 1 aromatic carbocycles. The number of fused-ring (bicyclic) bond motifs is 1. The van der Waals surface area contributed by atoms with Crippen LogP contribution < -0.4 is 0 Å². The second kappa shape index (κ2) is 4.72. The molecule has 0 N–H and O–H groups in total. The lowest BCUT2D eigenvalue weighted by atomic mass is 10.0. The summed E-state index contributed by atoms with van der Waals surface area (Å²) in [6, 6.07) is 5.99. The Morgan fingerprint density at radius 3 is 2.00 bits per heavy atom. The maximum atomic E-state index is 12.1. The second-order valence-electron chi connectivity index (χ2n) is 4.86. The number of rotatable bonds is 4. The van der Waals surface area contributed by atoms with E-state index in [9.17, 15) is 14.4 Å². The summed E-state index contributed by atoms with van der Waals surface area (Å²) in [4.78, 5) is 36.5. The molecule has 4 nitrogen and oxygen atoms in total. The number of imide groups is 1. The number of aldehydes is 1. The van der Waals surface area contributed by atoms with Crippen LogP contribution in [0.25, 0.3) is 0 Å². The van der Waals surface area contributed by atoms with Crippen molar-refractivity contribution in [3.8, 4) is 0 Å². The van der Waals surface area contributed by atoms with Crippen molar-refractivity contribution in [2.24, 2.45) is 5.92 Å². The fourth-order valence-electron chi connectivity index (χ4n) is 2.21. The van der Waals surface area contributed by atoms with Crippen LogP contribution in [0.15, 0.2) is 24.3 Å². The number of carbonyl (C=O) groups excluding carboxylic acids is 3. The zero-order valence-corrected chi connectivity index (χ0v) is 10.4. The largest absolute Gasteiger partial charge is 0.301 e. The summed E-state index contributed by atoms with van der Waals surface area (Å²) in [7, 11) is 0. The minimum absolute atomic E-state index is 0.240. The predicted molar refractivity (Wildman–Crippen MR) is 66.2 cm³/mol. The smallest absolute Gasteiger partial charge is 0.262 e. The minimum atomic E-state index is -0.669. The van der Waals surface area contributed by atoms with Gasteiger partial charge in [0.25, 0.3) is 11.8 Å². The van der Waals surface area contributed by atoms with E-state index in [0.29, 0.717) is 23.8 Å². The molecule has 0 saturated carbocycles. The molecule has 18 heavy (non-hydrogen) atoms. The normalized spacial score (nSPS) is 16.1. The molecule has 4 heteroatoms. The molecule has 1 aliphatic rings. The Morgan fingerprint density at radius 1 is 1.11 bits per heavy atom. The van der Waals surface area contributed by atoms with Gasteiger partial charge in [0, 0.05) is 0 Å². The summed E-state index contributed by atoms with van der Waals surface area (Å²) >= 11 is 0. The van der Waals surface area contributed by atoms with Crippen LogP contribution in [0.5, 0.6) is 0 Å². The lowest BCUT2D eigenvalue weighted by Crippen LogP contribution is -2.41.